The van der Waals surface area contributed by atoms with Crippen LogP contribution in [0, 0.1) is 0 Å². The van der Waals surface area contributed by atoms with Gasteiger partial charge in [0.1, 0.15) is 5.69 Å². The summed E-state index contributed by atoms with van der Waals surface area (Å²) in [5, 5.41) is 8.84. The molecular formula is C28H31N7O3. The van der Waals surface area contributed by atoms with E-state index in [1.807, 2.05) is 12.1 Å². The molecule has 4 heterocycles. The number of rotatable bonds is 6. The Kier molecular flexibility index (Phi) is 5.71. The first-order valence-corrected chi connectivity index (χ1v) is 12.9. The van der Waals surface area contributed by atoms with E-state index in [0.29, 0.717) is 40.9 Å². The maximum Gasteiger partial charge on any atom is 0.277 e. The van der Waals surface area contributed by atoms with Crippen LogP contribution in [-0.4, -0.2) is 57.8 Å². The summed E-state index contributed by atoms with van der Waals surface area (Å²) in [4.78, 5) is 30.4. The molecule has 0 spiro atoms. The fraction of sp³-hybridized carbons (Fsp3) is 0.357. The van der Waals surface area contributed by atoms with Crippen molar-refractivity contribution in [1.29, 1.82) is 0 Å². The van der Waals surface area contributed by atoms with Gasteiger partial charge in [-0.3, -0.25) is 9.59 Å². The molecule has 0 unspecified atom stereocenters. The second-order valence-corrected chi connectivity index (χ2v) is 10.8. The molecule has 38 heavy (non-hydrogen) atoms. The predicted molar refractivity (Wildman–Crippen MR) is 145 cm³/mol. The third kappa shape index (κ3) is 4.01. The van der Waals surface area contributed by atoms with E-state index >= 15 is 0 Å². The molecule has 2 aliphatic heterocycles. The third-order valence-corrected chi connectivity index (χ3v) is 7.75. The summed E-state index contributed by atoms with van der Waals surface area (Å²) in [5.74, 6) is -0.677. The van der Waals surface area contributed by atoms with Gasteiger partial charge in [0.25, 0.3) is 11.8 Å². The van der Waals surface area contributed by atoms with Gasteiger partial charge in [-0.1, -0.05) is 31.1 Å². The predicted octanol–water partition coefficient (Wildman–Crippen LogP) is 3.27. The SMILES string of the molecule is CC(C)(CN1CCCC1)c1ccc(N2CCc3c(C(N)=O)nn(-c4ccc5onc(N)c5c4)c3C2=O)cc1. The van der Waals surface area contributed by atoms with E-state index in [4.69, 9.17) is 16.0 Å². The number of anilines is 2. The van der Waals surface area contributed by atoms with Crippen LogP contribution in [0.4, 0.5) is 11.5 Å². The Morgan fingerprint density at radius 3 is 2.47 bits per heavy atom. The van der Waals surface area contributed by atoms with Crippen LogP contribution >= 0.6 is 0 Å². The minimum Gasteiger partial charge on any atom is -0.380 e. The highest BCUT2D eigenvalue weighted by atomic mass is 16.5. The number of hydrogen-bond acceptors (Lipinski definition) is 7. The molecular weight excluding hydrogens is 482 g/mol. The number of amides is 2. The van der Waals surface area contributed by atoms with Gasteiger partial charge in [0.15, 0.2) is 17.1 Å². The molecule has 0 radical (unpaired) electrons. The van der Waals surface area contributed by atoms with Crippen LogP contribution < -0.4 is 16.4 Å². The number of nitrogen functional groups attached to an aromatic ring is 1. The molecule has 196 valence electrons. The number of benzene rings is 2. The highest BCUT2D eigenvalue weighted by Gasteiger charge is 2.35. The van der Waals surface area contributed by atoms with Gasteiger partial charge in [-0.05, 0) is 68.2 Å². The van der Waals surface area contributed by atoms with Crippen molar-refractivity contribution in [2.24, 2.45) is 5.73 Å². The summed E-state index contributed by atoms with van der Waals surface area (Å²) in [5.41, 5.74) is 15.7. The van der Waals surface area contributed by atoms with E-state index < -0.39 is 5.91 Å². The van der Waals surface area contributed by atoms with Crippen molar-refractivity contribution in [3.63, 3.8) is 0 Å². The van der Waals surface area contributed by atoms with Crippen molar-refractivity contribution in [1.82, 2.24) is 19.8 Å². The number of likely N-dealkylation sites (tertiary alicyclic amines) is 1. The number of primary amides is 1. The average Bonchev–Trinajstić information content (AvgIpc) is 3.63. The largest absolute Gasteiger partial charge is 0.380 e. The maximum atomic E-state index is 13.9. The molecule has 0 aliphatic carbocycles. The normalized spacial score (nSPS) is 16.4. The van der Waals surface area contributed by atoms with Gasteiger partial charge >= 0.3 is 0 Å². The van der Waals surface area contributed by atoms with E-state index in [-0.39, 0.29) is 22.8 Å². The first-order valence-electron chi connectivity index (χ1n) is 12.9. The second-order valence-electron chi connectivity index (χ2n) is 10.8. The number of carbonyl (C=O) groups excluding carboxylic acids is 2. The maximum absolute atomic E-state index is 13.9. The fourth-order valence-corrected chi connectivity index (χ4v) is 5.75. The molecule has 10 heteroatoms. The first kappa shape index (κ1) is 24.2. The molecule has 2 aliphatic rings. The van der Waals surface area contributed by atoms with E-state index in [0.717, 1.165) is 25.3 Å². The van der Waals surface area contributed by atoms with Crippen LogP contribution in [-0.2, 0) is 11.8 Å². The summed E-state index contributed by atoms with van der Waals surface area (Å²) < 4.78 is 6.68. The second kappa shape index (κ2) is 8.98. The molecule has 2 aromatic carbocycles. The first-order chi connectivity index (χ1) is 18.2. The van der Waals surface area contributed by atoms with Crippen LogP contribution in [0.3, 0.4) is 0 Å². The zero-order valence-electron chi connectivity index (χ0n) is 21.6. The minimum atomic E-state index is -0.670. The lowest BCUT2D eigenvalue weighted by Crippen LogP contribution is -2.39. The molecule has 0 atom stereocenters. The van der Waals surface area contributed by atoms with Crippen LogP contribution in [0.5, 0.6) is 0 Å². The van der Waals surface area contributed by atoms with Gasteiger partial charge in [0.2, 0.25) is 0 Å². The van der Waals surface area contributed by atoms with Crippen molar-refractivity contribution in [3.05, 3.63) is 65.0 Å². The topological polar surface area (TPSA) is 137 Å². The lowest BCUT2D eigenvalue weighted by Gasteiger charge is -2.32. The zero-order chi connectivity index (χ0) is 26.6. The molecule has 10 nitrogen and oxygen atoms in total. The molecule has 0 bridgehead atoms. The van der Waals surface area contributed by atoms with Gasteiger partial charge in [-0.2, -0.15) is 5.10 Å². The number of carbonyl (C=O) groups is 2. The lowest BCUT2D eigenvalue weighted by atomic mass is 9.84. The van der Waals surface area contributed by atoms with Crippen molar-refractivity contribution in [2.75, 3.05) is 36.8 Å². The summed E-state index contributed by atoms with van der Waals surface area (Å²) in [6, 6.07) is 13.4. The van der Waals surface area contributed by atoms with E-state index in [1.54, 1.807) is 23.1 Å². The monoisotopic (exact) mass is 513 g/mol. The summed E-state index contributed by atoms with van der Waals surface area (Å²) in [6.07, 6.45) is 2.99. The number of nitrogens with two attached hydrogens (primary N) is 2. The van der Waals surface area contributed by atoms with Gasteiger partial charge in [-0.15, -0.1) is 0 Å². The van der Waals surface area contributed by atoms with Crippen LogP contribution in [0.25, 0.3) is 16.7 Å². The standard InChI is InChI=1S/C28H31N7O3/c1-28(2,16-33-12-3-4-13-33)17-5-7-18(8-6-17)34-14-11-20-23(26(30)36)31-35(24(20)27(34)37)19-9-10-22-21(15-19)25(29)32-38-22/h5-10,15H,3-4,11-14,16H2,1-2H3,(H2,29,32)(H2,30,36). The number of nitrogens with zero attached hydrogens (tertiary/aromatic N) is 5. The molecule has 1 fully saturated rings. The lowest BCUT2D eigenvalue weighted by molar-refractivity contribution is 0.0972. The highest BCUT2D eigenvalue weighted by Crippen LogP contribution is 2.32. The van der Waals surface area contributed by atoms with Gasteiger partial charge in [0.05, 0.1) is 11.1 Å². The Morgan fingerprint density at radius 1 is 1.05 bits per heavy atom. The van der Waals surface area contributed by atoms with E-state index in [1.165, 1.54) is 23.1 Å². The summed E-state index contributed by atoms with van der Waals surface area (Å²) >= 11 is 0. The average molecular weight is 514 g/mol. The number of hydrogen-bond donors (Lipinski definition) is 2. The molecule has 6 rings (SSSR count). The fourth-order valence-electron chi connectivity index (χ4n) is 5.75. The van der Waals surface area contributed by atoms with Crippen molar-refractivity contribution in [3.8, 4) is 5.69 Å². The molecule has 4 aromatic rings. The Morgan fingerprint density at radius 2 is 1.76 bits per heavy atom. The summed E-state index contributed by atoms with van der Waals surface area (Å²) in [6.45, 7) is 8.28. The van der Waals surface area contributed by atoms with E-state index in [9.17, 15) is 9.59 Å². The zero-order valence-corrected chi connectivity index (χ0v) is 21.6. The minimum absolute atomic E-state index is 0.000609. The molecule has 1 saturated heterocycles. The molecule has 2 amide bonds. The van der Waals surface area contributed by atoms with E-state index in [2.05, 4.69) is 41.1 Å². The van der Waals surface area contributed by atoms with Gasteiger partial charge < -0.3 is 25.8 Å². The number of aromatic nitrogens is 3. The van der Waals surface area contributed by atoms with Crippen molar-refractivity contribution < 1.29 is 14.1 Å². The Hall–Kier alpha value is -4.18. The van der Waals surface area contributed by atoms with Crippen LogP contribution in [0.2, 0.25) is 0 Å². The van der Waals surface area contributed by atoms with Gasteiger partial charge in [-0.25, -0.2) is 4.68 Å². The Bertz CT molecular complexity index is 1540. The highest BCUT2D eigenvalue weighted by molar-refractivity contribution is 6.09. The summed E-state index contributed by atoms with van der Waals surface area (Å²) in [7, 11) is 0. The Balaban J connectivity index is 1.34. The molecule has 0 saturated carbocycles. The van der Waals surface area contributed by atoms with Gasteiger partial charge in [0, 0.05) is 29.8 Å². The molecule has 4 N–H and O–H groups in total. The Labute approximate surface area is 220 Å². The quantitative estimate of drug-likeness (QED) is 0.404. The third-order valence-electron chi connectivity index (χ3n) is 7.75. The van der Waals surface area contributed by atoms with Crippen LogP contribution in [0.15, 0.2) is 47.0 Å². The smallest absolute Gasteiger partial charge is 0.277 e. The van der Waals surface area contributed by atoms with Crippen molar-refractivity contribution >= 4 is 34.3 Å². The number of fused-ring (bicyclic) bond motifs is 2. The van der Waals surface area contributed by atoms with Crippen molar-refractivity contribution in [2.45, 2.75) is 38.5 Å². The molecule has 2 aromatic heterocycles. The van der Waals surface area contributed by atoms with Crippen LogP contribution in [0.1, 0.15) is 58.8 Å².